The molecule has 0 aromatic heterocycles. The molecule has 0 N–H and O–H groups in total. The number of anilines is 1. The standard InChI is InChI=1S/C34H30FNO6/c35-26-16-17-28-27(18-26)30(37)33(38)36(28)34-32(41-21-25-14-8-3-9-15-25)31(40-20-24-12-6-2-7-13-24)29(42-34)22-39-19-23-10-4-1-5-11-23/h1-18,29,31-32,34H,19-22H2. The number of halogens is 1. The van der Waals surface area contributed by atoms with Crippen molar-refractivity contribution >= 4 is 17.4 Å². The van der Waals surface area contributed by atoms with Crippen LogP contribution in [0.3, 0.4) is 0 Å². The summed E-state index contributed by atoms with van der Waals surface area (Å²) in [5.74, 6) is -2.20. The summed E-state index contributed by atoms with van der Waals surface area (Å²) in [5.41, 5.74) is 3.16. The molecule has 0 bridgehead atoms. The molecular formula is C34H30FNO6. The molecule has 0 radical (unpaired) electrons. The van der Waals surface area contributed by atoms with Crippen LogP contribution in [0.1, 0.15) is 27.0 Å². The van der Waals surface area contributed by atoms with Gasteiger partial charge in [-0.15, -0.1) is 0 Å². The van der Waals surface area contributed by atoms with E-state index in [4.69, 9.17) is 18.9 Å². The van der Waals surface area contributed by atoms with Crippen molar-refractivity contribution in [3.8, 4) is 0 Å². The second kappa shape index (κ2) is 12.8. The normalized spacial score (nSPS) is 21.6. The third-order valence-corrected chi connectivity index (χ3v) is 7.38. The second-order valence-corrected chi connectivity index (χ2v) is 10.3. The first-order valence-corrected chi connectivity index (χ1v) is 13.8. The van der Waals surface area contributed by atoms with Crippen LogP contribution in [-0.4, -0.2) is 42.8 Å². The Balaban J connectivity index is 1.31. The van der Waals surface area contributed by atoms with Crippen molar-refractivity contribution in [2.24, 2.45) is 0 Å². The van der Waals surface area contributed by atoms with Crippen molar-refractivity contribution in [3.63, 3.8) is 0 Å². The van der Waals surface area contributed by atoms with E-state index in [-0.39, 0.29) is 31.1 Å². The van der Waals surface area contributed by atoms with Gasteiger partial charge < -0.3 is 18.9 Å². The van der Waals surface area contributed by atoms with Crippen LogP contribution in [-0.2, 0) is 43.6 Å². The van der Waals surface area contributed by atoms with Gasteiger partial charge >= 0.3 is 5.91 Å². The zero-order valence-electron chi connectivity index (χ0n) is 22.8. The van der Waals surface area contributed by atoms with Gasteiger partial charge in [-0.05, 0) is 34.9 Å². The first-order valence-electron chi connectivity index (χ1n) is 13.8. The number of Topliss-reactive ketones (excluding diaryl/α,β-unsaturated/α-hetero) is 1. The zero-order valence-corrected chi connectivity index (χ0v) is 22.8. The number of carbonyl (C=O) groups excluding carboxylic acids is 2. The van der Waals surface area contributed by atoms with Crippen molar-refractivity contribution in [3.05, 3.63) is 137 Å². The number of benzene rings is 4. The van der Waals surface area contributed by atoms with Crippen LogP contribution >= 0.6 is 0 Å². The van der Waals surface area contributed by atoms with Crippen LogP contribution in [0.5, 0.6) is 0 Å². The van der Waals surface area contributed by atoms with Crippen LogP contribution < -0.4 is 4.90 Å². The van der Waals surface area contributed by atoms with Gasteiger partial charge in [-0.25, -0.2) is 4.39 Å². The van der Waals surface area contributed by atoms with Crippen LogP contribution in [0.25, 0.3) is 0 Å². The number of ketones is 1. The molecule has 0 saturated carbocycles. The molecule has 6 rings (SSSR count). The van der Waals surface area contributed by atoms with E-state index in [0.29, 0.717) is 6.61 Å². The highest BCUT2D eigenvalue weighted by Crippen LogP contribution is 2.38. The smallest absolute Gasteiger partial charge is 0.301 e. The molecule has 4 aromatic rings. The van der Waals surface area contributed by atoms with Crippen molar-refractivity contribution in [2.45, 2.75) is 44.4 Å². The third kappa shape index (κ3) is 6.03. The van der Waals surface area contributed by atoms with Crippen LogP contribution in [0.4, 0.5) is 10.1 Å². The van der Waals surface area contributed by atoms with Gasteiger partial charge in [0.1, 0.15) is 24.1 Å². The lowest BCUT2D eigenvalue weighted by Crippen LogP contribution is -2.48. The lowest BCUT2D eigenvalue weighted by molar-refractivity contribution is -0.119. The van der Waals surface area contributed by atoms with Crippen molar-refractivity contribution in [2.75, 3.05) is 11.5 Å². The molecule has 214 valence electrons. The average molecular weight is 568 g/mol. The minimum Gasteiger partial charge on any atom is -0.374 e. The summed E-state index contributed by atoms with van der Waals surface area (Å²) >= 11 is 0. The van der Waals surface area contributed by atoms with E-state index in [1.807, 2.05) is 91.0 Å². The second-order valence-electron chi connectivity index (χ2n) is 10.3. The lowest BCUT2D eigenvalue weighted by atomic mass is 10.1. The molecule has 4 aromatic carbocycles. The molecule has 7 nitrogen and oxygen atoms in total. The number of rotatable bonds is 11. The number of amides is 1. The maximum absolute atomic E-state index is 14.0. The monoisotopic (exact) mass is 567 g/mol. The molecule has 4 atom stereocenters. The predicted molar refractivity (Wildman–Crippen MR) is 153 cm³/mol. The van der Waals surface area contributed by atoms with Crippen molar-refractivity contribution in [1.82, 2.24) is 0 Å². The quantitative estimate of drug-likeness (QED) is 0.224. The van der Waals surface area contributed by atoms with E-state index in [1.54, 1.807) is 0 Å². The highest BCUT2D eigenvalue weighted by atomic mass is 19.1. The fourth-order valence-electron chi connectivity index (χ4n) is 5.32. The van der Waals surface area contributed by atoms with Gasteiger partial charge in [-0.2, -0.15) is 0 Å². The Morgan fingerprint density at radius 3 is 1.83 bits per heavy atom. The SMILES string of the molecule is O=C1C(=O)N(C2OC(COCc3ccccc3)C(OCc3ccccc3)C2OCc2ccccc2)c2ccc(F)cc21. The minimum atomic E-state index is -1.01. The highest BCUT2D eigenvalue weighted by molar-refractivity contribution is 6.52. The molecule has 42 heavy (non-hydrogen) atoms. The molecule has 4 unspecified atom stereocenters. The fourth-order valence-corrected chi connectivity index (χ4v) is 5.32. The Morgan fingerprint density at radius 1 is 0.690 bits per heavy atom. The van der Waals surface area contributed by atoms with Gasteiger partial charge in [0.25, 0.3) is 5.78 Å². The molecule has 0 aliphatic carbocycles. The first kappa shape index (κ1) is 27.9. The molecule has 8 heteroatoms. The zero-order chi connectivity index (χ0) is 28.9. The molecular weight excluding hydrogens is 537 g/mol. The number of fused-ring (bicyclic) bond motifs is 1. The molecule has 0 spiro atoms. The Bertz CT molecular complexity index is 1520. The van der Waals surface area contributed by atoms with Gasteiger partial charge in [0.15, 0.2) is 6.23 Å². The average Bonchev–Trinajstić information content (AvgIpc) is 3.48. The van der Waals surface area contributed by atoms with Crippen molar-refractivity contribution < 1.29 is 32.9 Å². The number of nitrogens with zero attached hydrogens (tertiary/aromatic N) is 1. The number of carbonyl (C=O) groups is 2. The fraction of sp³-hybridized carbons (Fsp3) is 0.235. The van der Waals surface area contributed by atoms with Gasteiger partial charge in [-0.3, -0.25) is 14.5 Å². The summed E-state index contributed by atoms with van der Waals surface area (Å²) in [5, 5.41) is 0. The van der Waals surface area contributed by atoms with E-state index in [1.165, 1.54) is 17.0 Å². The Hall–Kier alpha value is -4.21. The molecule has 1 amide bonds. The summed E-state index contributed by atoms with van der Waals surface area (Å²) < 4.78 is 39.5. The Kier molecular flexibility index (Phi) is 8.48. The van der Waals surface area contributed by atoms with Crippen LogP contribution in [0.2, 0.25) is 0 Å². The summed E-state index contributed by atoms with van der Waals surface area (Å²) in [6.07, 6.45) is -3.08. The Labute approximate surface area is 243 Å². The maximum atomic E-state index is 14.0. The summed E-state index contributed by atoms with van der Waals surface area (Å²) in [6, 6.07) is 32.8. The highest BCUT2D eigenvalue weighted by Gasteiger charge is 2.53. The molecule has 1 fully saturated rings. The first-order chi connectivity index (χ1) is 20.6. The Morgan fingerprint density at radius 2 is 1.24 bits per heavy atom. The molecule has 1 saturated heterocycles. The lowest BCUT2D eigenvalue weighted by Gasteiger charge is -2.30. The summed E-state index contributed by atoms with van der Waals surface area (Å²) in [4.78, 5) is 27.5. The molecule has 2 aliphatic rings. The van der Waals surface area contributed by atoms with Crippen molar-refractivity contribution in [1.29, 1.82) is 0 Å². The summed E-state index contributed by atoms with van der Waals surface area (Å²) in [6.45, 7) is 1.01. The van der Waals surface area contributed by atoms with E-state index in [0.717, 1.165) is 22.8 Å². The van der Waals surface area contributed by atoms with E-state index in [2.05, 4.69) is 0 Å². The largest absolute Gasteiger partial charge is 0.374 e. The topological polar surface area (TPSA) is 74.3 Å². The van der Waals surface area contributed by atoms with Crippen LogP contribution in [0.15, 0.2) is 109 Å². The van der Waals surface area contributed by atoms with E-state index >= 15 is 0 Å². The predicted octanol–water partition coefficient (Wildman–Crippen LogP) is 5.47. The third-order valence-electron chi connectivity index (χ3n) is 7.38. The van der Waals surface area contributed by atoms with Gasteiger partial charge in [-0.1, -0.05) is 91.0 Å². The molecule has 2 aliphatic heterocycles. The number of ether oxygens (including phenoxy) is 4. The number of hydrogen-bond donors (Lipinski definition) is 0. The summed E-state index contributed by atoms with van der Waals surface area (Å²) in [7, 11) is 0. The van der Waals surface area contributed by atoms with Gasteiger partial charge in [0.05, 0.1) is 37.7 Å². The molecule has 2 heterocycles. The number of hydrogen-bond acceptors (Lipinski definition) is 6. The van der Waals surface area contributed by atoms with Crippen LogP contribution in [0, 0.1) is 5.82 Å². The van der Waals surface area contributed by atoms with Gasteiger partial charge in [0, 0.05) is 0 Å². The van der Waals surface area contributed by atoms with E-state index in [9.17, 15) is 14.0 Å². The maximum Gasteiger partial charge on any atom is 0.301 e. The minimum absolute atomic E-state index is 0.00376. The van der Waals surface area contributed by atoms with Gasteiger partial charge in [0.2, 0.25) is 0 Å². The van der Waals surface area contributed by atoms with E-state index < -0.39 is 42.0 Å².